The topological polar surface area (TPSA) is 32.3 Å². The molecule has 1 aromatic rings. The van der Waals surface area contributed by atoms with Crippen molar-refractivity contribution in [3.8, 4) is 0 Å². The fourth-order valence-electron chi connectivity index (χ4n) is 2.48. The molecule has 1 aliphatic heterocycles. The molecule has 2 rings (SSSR count). The van der Waals surface area contributed by atoms with E-state index in [4.69, 9.17) is 11.6 Å². The lowest BCUT2D eigenvalue weighted by atomic mass is 10.1. The summed E-state index contributed by atoms with van der Waals surface area (Å²) in [7, 11) is 0. The molecule has 1 saturated heterocycles. The van der Waals surface area contributed by atoms with E-state index in [1.165, 1.54) is 0 Å². The average Bonchev–Trinajstić information content (AvgIpc) is 2.88. The largest absolute Gasteiger partial charge is 0.334 e. The maximum atomic E-state index is 12.7. The van der Waals surface area contributed by atoms with Crippen LogP contribution in [0.15, 0.2) is 24.3 Å². The Balaban J connectivity index is 2.19. The zero-order chi connectivity index (χ0) is 13.8. The number of carbonyl (C=O) groups is 1. The van der Waals surface area contributed by atoms with Crippen LogP contribution in [0.2, 0.25) is 5.02 Å². The highest BCUT2D eigenvalue weighted by atomic mass is 35.5. The lowest BCUT2D eigenvalue weighted by Crippen LogP contribution is -2.43. The summed E-state index contributed by atoms with van der Waals surface area (Å²) in [6.45, 7) is 6.94. The summed E-state index contributed by atoms with van der Waals surface area (Å²) in [5.74, 6) is 0.550. The van der Waals surface area contributed by atoms with Crippen molar-refractivity contribution in [2.75, 3.05) is 19.6 Å². The van der Waals surface area contributed by atoms with Gasteiger partial charge < -0.3 is 10.2 Å². The van der Waals surface area contributed by atoms with E-state index in [-0.39, 0.29) is 5.91 Å². The van der Waals surface area contributed by atoms with Gasteiger partial charge in [0.05, 0.1) is 0 Å². The maximum Gasteiger partial charge on any atom is 0.254 e. The Morgan fingerprint density at radius 2 is 2.32 bits per heavy atom. The van der Waals surface area contributed by atoms with Crippen molar-refractivity contribution < 1.29 is 4.79 Å². The molecule has 1 atom stereocenters. The monoisotopic (exact) mass is 280 g/mol. The second-order valence-electron chi connectivity index (χ2n) is 5.51. The highest BCUT2D eigenvalue weighted by Gasteiger charge is 2.27. The number of hydrogen-bond donors (Lipinski definition) is 1. The van der Waals surface area contributed by atoms with Crippen molar-refractivity contribution >= 4 is 17.5 Å². The molecule has 1 amide bonds. The molecule has 1 unspecified atom stereocenters. The summed E-state index contributed by atoms with van der Waals surface area (Å²) < 4.78 is 0. The van der Waals surface area contributed by atoms with Gasteiger partial charge in [-0.05, 0) is 37.1 Å². The molecule has 0 saturated carbocycles. The summed E-state index contributed by atoms with van der Waals surface area (Å²) in [6.07, 6.45) is 1.03. The summed E-state index contributed by atoms with van der Waals surface area (Å²) in [5.41, 5.74) is 0.681. The van der Waals surface area contributed by atoms with Crippen LogP contribution >= 0.6 is 11.6 Å². The second-order valence-corrected chi connectivity index (χ2v) is 5.94. The van der Waals surface area contributed by atoms with Crippen molar-refractivity contribution in [2.45, 2.75) is 26.3 Å². The van der Waals surface area contributed by atoms with E-state index in [9.17, 15) is 4.79 Å². The fraction of sp³-hybridized carbons (Fsp3) is 0.533. The van der Waals surface area contributed by atoms with Crippen molar-refractivity contribution in [1.82, 2.24) is 10.2 Å². The average molecular weight is 281 g/mol. The van der Waals surface area contributed by atoms with E-state index in [0.717, 1.165) is 26.1 Å². The first-order valence-corrected chi connectivity index (χ1v) is 7.23. The predicted octanol–water partition coefficient (Wildman–Crippen LogP) is 2.80. The van der Waals surface area contributed by atoms with E-state index in [2.05, 4.69) is 19.2 Å². The van der Waals surface area contributed by atoms with Crippen LogP contribution in [0.5, 0.6) is 0 Å². The summed E-state index contributed by atoms with van der Waals surface area (Å²) in [4.78, 5) is 14.7. The SMILES string of the molecule is CC(C)CN(C(=O)c1cccc(Cl)c1)C1CCNC1. The van der Waals surface area contributed by atoms with Crippen LogP contribution < -0.4 is 5.32 Å². The molecule has 1 aromatic carbocycles. The molecule has 104 valence electrons. The van der Waals surface area contributed by atoms with Crippen LogP contribution in [0.4, 0.5) is 0 Å². The van der Waals surface area contributed by atoms with Crippen LogP contribution in [0.3, 0.4) is 0 Å². The number of hydrogen-bond acceptors (Lipinski definition) is 2. The van der Waals surface area contributed by atoms with Gasteiger partial charge in [0, 0.05) is 29.7 Å². The number of nitrogens with one attached hydrogen (secondary N) is 1. The van der Waals surface area contributed by atoms with E-state index < -0.39 is 0 Å². The standard InChI is InChI=1S/C15H21ClN2O/c1-11(2)10-18(14-6-7-17-9-14)15(19)12-4-3-5-13(16)8-12/h3-5,8,11,14,17H,6-7,9-10H2,1-2H3. The summed E-state index contributed by atoms with van der Waals surface area (Å²) >= 11 is 5.98. The van der Waals surface area contributed by atoms with Gasteiger partial charge in [-0.15, -0.1) is 0 Å². The van der Waals surface area contributed by atoms with Crippen molar-refractivity contribution in [3.63, 3.8) is 0 Å². The number of nitrogens with zero attached hydrogens (tertiary/aromatic N) is 1. The van der Waals surface area contributed by atoms with Gasteiger partial charge in [-0.1, -0.05) is 31.5 Å². The predicted molar refractivity (Wildman–Crippen MR) is 78.6 cm³/mol. The Morgan fingerprint density at radius 1 is 1.53 bits per heavy atom. The van der Waals surface area contributed by atoms with Gasteiger partial charge in [-0.3, -0.25) is 4.79 Å². The normalized spacial score (nSPS) is 18.8. The Morgan fingerprint density at radius 3 is 2.89 bits per heavy atom. The fourth-order valence-corrected chi connectivity index (χ4v) is 2.67. The molecule has 1 aliphatic rings. The Bertz CT molecular complexity index is 442. The van der Waals surface area contributed by atoms with E-state index >= 15 is 0 Å². The number of amides is 1. The third-order valence-electron chi connectivity index (χ3n) is 3.37. The molecule has 0 spiro atoms. The van der Waals surface area contributed by atoms with Crippen LogP contribution in [-0.2, 0) is 0 Å². The van der Waals surface area contributed by atoms with E-state index in [0.29, 0.717) is 22.5 Å². The molecule has 0 aliphatic carbocycles. The third kappa shape index (κ3) is 3.71. The molecular weight excluding hydrogens is 260 g/mol. The first kappa shape index (κ1) is 14.4. The van der Waals surface area contributed by atoms with E-state index in [1.807, 2.05) is 17.0 Å². The van der Waals surface area contributed by atoms with E-state index in [1.54, 1.807) is 12.1 Å². The molecule has 19 heavy (non-hydrogen) atoms. The van der Waals surface area contributed by atoms with Crippen molar-refractivity contribution in [2.24, 2.45) is 5.92 Å². The number of rotatable bonds is 4. The van der Waals surface area contributed by atoms with Crippen molar-refractivity contribution in [1.29, 1.82) is 0 Å². The molecule has 0 bridgehead atoms. The molecule has 1 heterocycles. The minimum Gasteiger partial charge on any atom is -0.334 e. The smallest absolute Gasteiger partial charge is 0.254 e. The minimum absolute atomic E-state index is 0.0879. The van der Waals surface area contributed by atoms with Gasteiger partial charge in [0.2, 0.25) is 0 Å². The van der Waals surface area contributed by atoms with Crippen LogP contribution in [0, 0.1) is 5.92 Å². The van der Waals surface area contributed by atoms with Gasteiger partial charge in [0.15, 0.2) is 0 Å². The van der Waals surface area contributed by atoms with Crippen molar-refractivity contribution in [3.05, 3.63) is 34.9 Å². The molecule has 0 radical (unpaired) electrons. The number of halogens is 1. The molecule has 0 aromatic heterocycles. The molecule has 1 N–H and O–H groups in total. The van der Waals surface area contributed by atoms with Crippen LogP contribution in [0.25, 0.3) is 0 Å². The molecule has 3 nitrogen and oxygen atoms in total. The first-order valence-electron chi connectivity index (χ1n) is 6.85. The minimum atomic E-state index is 0.0879. The Kier molecular flexibility index (Phi) is 4.83. The van der Waals surface area contributed by atoms with Crippen LogP contribution in [0.1, 0.15) is 30.6 Å². The molecule has 1 fully saturated rings. The second kappa shape index (κ2) is 6.40. The summed E-state index contributed by atoms with van der Waals surface area (Å²) in [5, 5.41) is 3.93. The lowest BCUT2D eigenvalue weighted by molar-refractivity contribution is 0.0667. The van der Waals surface area contributed by atoms with Gasteiger partial charge in [-0.25, -0.2) is 0 Å². The first-order chi connectivity index (χ1) is 9.08. The van der Waals surface area contributed by atoms with Crippen LogP contribution in [-0.4, -0.2) is 36.5 Å². The molecular formula is C15H21ClN2O. The maximum absolute atomic E-state index is 12.7. The zero-order valence-corrected chi connectivity index (χ0v) is 12.3. The highest BCUT2D eigenvalue weighted by molar-refractivity contribution is 6.30. The van der Waals surface area contributed by atoms with Gasteiger partial charge >= 0.3 is 0 Å². The molecule has 4 heteroatoms. The zero-order valence-electron chi connectivity index (χ0n) is 11.5. The highest BCUT2D eigenvalue weighted by Crippen LogP contribution is 2.18. The quantitative estimate of drug-likeness (QED) is 0.920. The lowest BCUT2D eigenvalue weighted by Gasteiger charge is -2.30. The Labute approximate surface area is 119 Å². The van der Waals surface area contributed by atoms with Gasteiger partial charge in [0.25, 0.3) is 5.91 Å². The third-order valence-corrected chi connectivity index (χ3v) is 3.60. The number of carbonyl (C=O) groups excluding carboxylic acids is 1. The van der Waals surface area contributed by atoms with Gasteiger partial charge in [-0.2, -0.15) is 0 Å². The van der Waals surface area contributed by atoms with Gasteiger partial charge in [0.1, 0.15) is 0 Å². The Hall–Kier alpha value is -1.06. The summed E-state index contributed by atoms with van der Waals surface area (Å²) in [6, 6.07) is 7.51. The number of benzene rings is 1.